The molecule has 2 unspecified atom stereocenters. The summed E-state index contributed by atoms with van der Waals surface area (Å²) in [4.78, 5) is 14.5. The van der Waals surface area contributed by atoms with E-state index >= 15 is 0 Å². The molecule has 2 fully saturated rings. The maximum atomic E-state index is 12.6. The van der Waals surface area contributed by atoms with Gasteiger partial charge in [0, 0.05) is 50.4 Å². The van der Waals surface area contributed by atoms with Crippen molar-refractivity contribution in [2.45, 2.75) is 57.7 Å². The Morgan fingerprint density at radius 3 is 2.71 bits per heavy atom. The second kappa shape index (κ2) is 6.18. The Balaban J connectivity index is 1.55. The lowest BCUT2D eigenvalue weighted by Gasteiger charge is -2.30. The molecule has 5 nitrogen and oxygen atoms in total. The van der Waals surface area contributed by atoms with Crippen LogP contribution in [0.15, 0.2) is 12.4 Å². The summed E-state index contributed by atoms with van der Waals surface area (Å²) in [6.45, 7) is 3.51. The minimum atomic E-state index is 0.299. The third kappa shape index (κ3) is 3.46. The van der Waals surface area contributed by atoms with Crippen molar-refractivity contribution in [3.8, 4) is 0 Å². The molecule has 2 aliphatic rings. The molecule has 0 aliphatic carbocycles. The Labute approximate surface area is 126 Å². The van der Waals surface area contributed by atoms with Crippen molar-refractivity contribution in [2.24, 2.45) is 13.0 Å². The molecule has 116 valence electrons. The third-order valence-corrected chi connectivity index (χ3v) is 4.90. The van der Waals surface area contributed by atoms with Gasteiger partial charge in [0.1, 0.15) is 0 Å². The van der Waals surface area contributed by atoms with Crippen molar-refractivity contribution in [3.05, 3.63) is 18.0 Å². The Hall–Kier alpha value is -1.36. The van der Waals surface area contributed by atoms with Crippen molar-refractivity contribution < 1.29 is 4.79 Å². The normalized spacial score (nSPS) is 27.8. The van der Waals surface area contributed by atoms with Crippen LogP contribution in [0.5, 0.6) is 0 Å². The van der Waals surface area contributed by atoms with E-state index in [1.165, 1.54) is 25.7 Å². The van der Waals surface area contributed by atoms with E-state index in [4.69, 9.17) is 0 Å². The highest BCUT2D eigenvalue weighted by Gasteiger charge is 2.34. The van der Waals surface area contributed by atoms with Gasteiger partial charge in [0.2, 0.25) is 5.91 Å². The fourth-order valence-electron chi connectivity index (χ4n) is 3.87. The lowest BCUT2D eigenvalue weighted by Crippen LogP contribution is -2.40. The number of nitrogens with zero attached hydrogens (tertiary/aromatic N) is 3. The van der Waals surface area contributed by atoms with Crippen molar-refractivity contribution in [3.63, 3.8) is 0 Å². The van der Waals surface area contributed by atoms with Gasteiger partial charge in [0.05, 0.1) is 6.20 Å². The van der Waals surface area contributed by atoms with Crippen LogP contribution in [0.3, 0.4) is 0 Å². The first-order valence-corrected chi connectivity index (χ1v) is 8.15. The molecule has 21 heavy (non-hydrogen) atoms. The minimum Gasteiger partial charge on any atom is -0.339 e. The van der Waals surface area contributed by atoms with Crippen LogP contribution in [0.25, 0.3) is 0 Å². The van der Waals surface area contributed by atoms with Gasteiger partial charge < -0.3 is 10.2 Å². The molecular formula is C16H26N4O. The van der Waals surface area contributed by atoms with Gasteiger partial charge in [-0.3, -0.25) is 9.48 Å². The number of carbonyl (C=O) groups excluding carboxylic acids is 1. The summed E-state index contributed by atoms with van der Waals surface area (Å²) >= 11 is 0. The first-order chi connectivity index (χ1) is 10.1. The van der Waals surface area contributed by atoms with Gasteiger partial charge in [0.25, 0.3) is 0 Å². The van der Waals surface area contributed by atoms with Crippen LogP contribution in [0.4, 0.5) is 0 Å². The summed E-state index contributed by atoms with van der Waals surface area (Å²) in [6.07, 6.45) is 9.48. The van der Waals surface area contributed by atoms with E-state index in [1.807, 2.05) is 24.3 Å². The van der Waals surface area contributed by atoms with Gasteiger partial charge in [-0.15, -0.1) is 0 Å². The predicted octanol–water partition coefficient (Wildman–Crippen LogP) is 1.69. The van der Waals surface area contributed by atoms with Crippen molar-refractivity contribution in [1.29, 1.82) is 0 Å². The fourth-order valence-corrected chi connectivity index (χ4v) is 3.87. The smallest absolute Gasteiger partial charge is 0.223 e. The third-order valence-electron chi connectivity index (χ3n) is 4.90. The number of fused-ring (bicyclic) bond motifs is 2. The molecule has 3 heterocycles. The van der Waals surface area contributed by atoms with Crippen LogP contribution in [0.2, 0.25) is 0 Å². The van der Waals surface area contributed by atoms with Crippen LogP contribution < -0.4 is 5.32 Å². The lowest BCUT2D eigenvalue weighted by atomic mass is 9.89. The molecule has 0 radical (unpaired) electrons. The van der Waals surface area contributed by atoms with Gasteiger partial charge in [-0.05, 0) is 38.5 Å². The molecule has 3 rings (SSSR count). The number of carbonyl (C=O) groups is 1. The maximum absolute atomic E-state index is 12.6. The molecule has 1 aromatic rings. The summed E-state index contributed by atoms with van der Waals surface area (Å²) in [5.41, 5.74) is 1.11. The summed E-state index contributed by atoms with van der Waals surface area (Å²) in [5.74, 6) is 0.867. The van der Waals surface area contributed by atoms with Crippen molar-refractivity contribution in [2.75, 3.05) is 6.54 Å². The van der Waals surface area contributed by atoms with Gasteiger partial charge in [0.15, 0.2) is 0 Å². The molecule has 2 atom stereocenters. The summed E-state index contributed by atoms with van der Waals surface area (Å²) in [6, 6.07) is 1.32. The van der Waals surface area contributed by atoms with E-state index < -0.39 is 0 Å². The highest BCUT2D eigenvalue weighted by molar-refractivity contribution is 5.76. The number of rotatable bonds is 5. The molecule has 2 aliphatic heterocycles. The number of hydrogen-bond acceptors (Lipinski definition) is 3. The molecule has 1 aromatic heterocycles. The Morgan fingerprint density at radius 1 is 1.43 bits per heavy atom. The number of piperidine rings is 1. The van der Waals surface area contributed by atoms with Gasteiger partial charge >= 0.3 is 0 Å². The van der Waals surface area contributed by atoms with E-state index in [0.717, 1.165) is 12.1 Å². The maximum Gasteiger partial charge on any atom is 0.223 e. The topological polar surface area (TPSA) is 50.2 Å². The van der Waals surface area contributed by atoms with Crippen LogP contribution in [0.1, 0.15) is 44.6 Å². The average molecular weight is 290 g/mol. The van der Waals surface area contributed by atoms with Crippen LogP contribution in [0, 0.1) is 5.92 Å². The molecule has 5 heteroatoms. The molecular weight excluding hydrogens is 264 g/mol. The molecule has 0 aromatic carbocycles. The molecule has 2 bridgehead atoms. The molecule has 0 saturated carbocycles. The van der Waals surface area contributed by atoms with Gasteiger partial charge in [-0.1, -0.05) is 0 Å². The van der Waals surface area contributed by atoms with Gasteiger partial charge in [-0.2, -0.15) is 5.10 Å². The quantitative estimate of drug-likeness (QED) is 0.898. The zero-order valence-electron chi connectivity index (χ0n) is 13.1. The van der Waals surface area contributed by atoms with E-state index in [1.54, 1.807) is 4.68 Å². The second-order valence-corrected chi connectivity index (χ2v) is 6.61. The van der Waals surface area contributed by atoms with Crippen LogP contribution >= 0.6 is 0 Å². The van der Waals surface area contributed by atoms with E-state index in [9.17, 15) is 4.79 Å². The first-order valence-electron chi connectivity index (χ1n) is 8.15. The highest BCUT2D eigenvalue weighted by atomic mass is 16.2. The number of hydrogen-bond donors (Lipinski definition) is 1. The fraction of sp³-hybridized carbons (Fsp3) is 0.750. The van der Waals surface area contributed by atoms with E-state index in [2.05, 4.69) is 17.3 Å². The zero-order valence-corrected chi connectivity index (χ0v) is 13.1. The summed E-state index contributed by atoms with van der Waals surface area (Å²) < 4.78 is 1.79. The largest absolute Gasteiger partial charge is 0.339 e. The summed E-state index contributed by atoms with van der Waals surface area (Å²) in [5, 5.41) is 7.82. The van der Waals surface area contributed by atoms with Crippen LogP contribution in [-0.2, 0) is 18.4 Å². The number of aryl methyl sites for hydroxylation is 1. The second-order valence-electron chi connectivity index (χ2n) is 6.61. The number of amides is 1. The molecule has 1 N–H and O–H groups in total. The molecule has 2 saturated heterocycles. The van der Waals surface area contributed by atoms with Gasteiger partial charge in [-0.25, -0.2) is 0 Å². The highest BCUT2D eigenvalue weighted by Crippen LogP contribution is 2.33. The average Bonchev–Trinajstić information content (AvgIpc) is 3.01. The number of aromatic nitrogens is 2. The monoisotopic (exact) mass is 290 g/mol. The molecule has 1 amide bonds. The Bertz CT molecular complexity index is 486. The van der Waals surface area contributed by atoms with E-state index in [-0.39, 0.29) is 0 Å². The standard InChI is InChI=1S/C16H26N4O/c1-3-20(11-13-9-17-19(2)10-13)16(21)8-12-6-14-4-5-15(7-12)18-14/h9-10,12,14-15,18H,3-8,11H2,1-2H3. The van der Waals surface area contributed by atoms with Crippen LogP contribution in [-0.4, -0.2) is 39.2 Å². The minimum absolute atomic E-state index is 0.299. The summed E-state index contributed by atoms with van der Waals surface area (Å²) in [7, 11) is 1.91. The SMILES string of the molecule is CCN(Cc1cnn(C)c1)C(=O)CC1CC2CCC(C1)N2. The van der Waals surface area contributed by atoms with Crippen molar-refractivity contribution >= 4 is 5.91 Å². The molecule has 0 spiro atoms. The Kier molecular flexibility index (Phi) is 4.29. The number of nitrogens with one attached hydrogen (secondary N) is 1. The zero-order chi connectivity index (χ0) is 14.8. The lowest BCUT2D eigenvalue weighted by molar-refractivity contribution is -0.132. The van der Waals surface area contributed by atoms with E-state index in [0.29, 0.717) is 36.9 Å². The first kappa shape index (κ1) is 14.6. The van der Waals surface area contributed by atoms with Crippen molar-refractivity contribution in [1.82, 2.24) is 20.0 Å². The predicted molar refractivity (Wildman–Crippen MR) is 81.6 cm³/mol. The Morgan fingerprint density at radius 2 is 2.14 bits per heavy atom.